The maximum Gasteiger partial charge on any atom is 0.263 e. The molecule has 0 N–H and O–H groups in total. The molecule has 7 aromatic rings. The number of pyridine rings is 1. The van der Waals surface area contributed by atoms with Crippen molar-refractivity contribution < 1.29 is 0 Å². The van der Waals surface area contributed by atoms with Crippen LogP contribution in [0.15, 0.2) is 160 Å². The molecule has 4 heteroatoms. The number of aromatic nitrogens is 1. The minimum absolute atomic E-state index is 0.00309. The smallest absolute Gasteiger partial charge is 0.263 e. The maximum atomic E-state index is 13.6. The minimum atomic E-state index is -0.00309. The average molecular weight is 545 g/mol. The van der Waals surface area contributed by atoms with Crippen LogP contribution in [0.1, 0.15) is 0 Å². The number of benzene rings is 6. The number of fused-ring (bicyclic) bond motifs is 5. The largest absolute Gasteiger partial charge is 0.308 e. The molecule has 3 nitrogen and oxygen atoms in total. The SMILES string of the molecule is O=c1c2ccccc2c2cc(-c3ccc(N4c5ccccc5Sc5ccccc54)cc3)ccc2n1-c1ccccc1. The van der Waals surface area contributed by atoms with Crippen LogP contribution in [0.3, 0.4) is 0 Å². The first kappa shape index (κ1) is 23.8. The van der Waals surface area contributed by atoms with Gasteiger partial charge in [0.15, 0.2) is 0 Å². The van der Waals surface area contributed by atoms with Gasteiger partial charge in [-0.3, -0.25) is 9.36 Å². The standard InChI is InChI=1S/C37H24N2OS/c40-37-30-13-5-4-12-29(30)31-24-26(20-23-32(31)39(37)27-10-2-1-3-11-27)25-18-21-28(22-19-25)38-33-14-6-8-16-35(33)41-36-17-9-7-15-34(36)38/h1-24H. The number of nitrogens with zero attached hydrogens (tertiary/aromatic N) is 2. The molecule has 0 radical (unpaired) electrons. The molecule has 0 saturated heterocycles. The predicted molar refractivity (Wildman–Crippen MR) is 171 cm³/mol. The minimum Gasteiger partial charge on any atom is -0.308 e. The van der Waals surface area contributed by atoms with E-state index in [9.17, 15) is 4.79 Å². The van der Waals surface area contributed by atoms with Crippen molar-refractivity contribution >= 4 is 50.5 Å². The molecule has 6 aromatic carbocycles. The average Bonchev–Trinajstić information content (AvgIpc) is 3.04. The Bertz CT molecular complexity index is 2100. The normalized spacial score (nSPS) is 12.3. The lowest BCUT2D eigenvalue weighted by Gasteiger charge is -2.32. The van der Waals surface area contributed by atoms with Crippen LogP contribution in [0.5, 0.6) is 0 Å². The van der Waals surface area contributed by atoms with Crippen molar-refractivity contribution in [2.24, 2.45) is 0 Å². The van der Waals surface area contributed by atoms with Gasteiger partial charge in [0.25, 0.3) is 5.56 Å². The van der Waals surface area contributed by atoms with E-state index in [1.165, 1.54) is 21.2 Å². The maximum absolute atomic E-state index is 13.6. The molecule has 8 rings (SSSR count). The molecular weight excluding hydrogens is 520 g/mol. The number of hydrogen-bond donors (Lipinski definition) is 0. The van der Waals surface area contributed by atoms with E-state index in [1.807, 2.05) is 70.9 Å². The Balaban J connectivity index is 1.26. The van der Waals surface area contributed by atoms with Gasteiger partial charge in [-0.1, -0.05) is 90.6 Å². The van der Waals surface area contributed by atoms with Crippen molar-refractivity contribution in [2.75, 3.05) is 4.90 Å². The monoisotopic (exact) mass is 544 g/mol. The zero-order chi connectivity index (χ0) is 27.3. The van der Waals surface area contributed by atoms with E-state index in [2.05, 4.69) is 95.9 Å². The summed E-state index contributed by atoms with van der Waals surface area (Å²) in [5.41, 5.74) is 7.52. The molecule has 0 aliphatic carbocycles. The lowest BCUT2D eigenvalue weighted by Crippen LogP contribution is -2.19. The van der Waals surface area contributed by atoms with Crippen molar-refractivity contribution in [1.82, 2.24) is 4.57 Å². The molecular formula is C37H24N2OS. The van der Waals surface area contributed by atoms with Gasteiger partial charge in [-0.2, -0.15) is 0 Å². The van der Waals surface area contributed by atoms with Gasteiger partial charge in [-0.15, -0.1) is 0 Å². The highest BCUT2D eigenvalue weighted by atomic mass is 32.2. The van der Waals surface area contributed by atoms with Crippen LogP contribution in [0.2, 0.25) is 0 Å². The van der Waals surface area contributed by atoms with Gasteiger partial charge in [0.2, 0.25) is 0 Å². The molecule has 0 spiro atoms. The van der Waals surface area contributed by atoms with E-state index in [0.29, 0.717) is 0 Å². The molecule has 0 unspecified atom stereocenters. The van der Waals surface area contributed by atoms with Gasteiger partial charge >= 0.3 is 0 Å². The number of anilines is 3. The van der Waals surface area contributed by atoms with Gasteiger partial charge in [0.05, 0.1) is 16.9 Å². The zero-order valence-electron chi connectivity index (χ0n) is 22.1. The highest BCUT2D eigenvalue weighted by Gasteiger charge is 2.24. The van der Waals surface area contributed by atoms with Crippen molar-refractivity contribution in [3.05, 3.63) is 156 Å². The Morgan fingerprint density at radius 3 is 1.76 bits per heavy atom. The second-order valence-electron chi connectivity index (χ2n) is 10.2. The fourth-order valence-electron chi connectivity index (χ4n) is 5.88. The van der Waals surface area contributed by atoms with Gasteiger partial charge in [-0.25, -0.2) is 0 Å². The Hall–Kier alpha value is -5.06. The van der Waals surface area contributed by atoms with E-state index in [0.717, 1.165) is 44.2 Å². The van der Waals surface area contributed by atoms with E-state index in [1.54, 1.807) is 0 Å². The lowest BCUT2D eigenvalue weighted by atomic mass is 9.99. The molecule has 0 amide bonds. The Morgan fingerprint density at radius 1 is 0.463 bits per heavy atom. The number of hydrogen-bond acceptors (Lipinski definition) is 3. The topological polar surface area (TPSA) is 25.2 Å². The van der Waals surface area contributed by atoms with Gasteiger partial charge < -0.3 is 4.90 Å². The van der Waals surface area contributed by atoms with Crippen LogP contribution in [-0.4, -0.2) is 4.57 Å². The molecule has 0 saturated carbocycles. The third kappa shape index (κ3) is 3.87. The van der Waals surface area contributed by atoms with Gasteiger partial charge in [0, 0.05) is 31.9 Å². The second kappa shape index (κ2) is 9.54. The Morgan fingerprint density at radius 2 is 1.05 bits per heavy atom. The highest BCUT2D eigenvalue weighted by molar-refractivity contribution is 7.99. The third-order valence-corrected chi connectivity index (χ3v) is 8.92. The lowest BCUT2D eigenvalue weighted by molar-refractivity contribution is 1.06. The summed E-state index contributed by atoms with van der Waals surface area (Å²) < 4.78 is 1.83. The summed E-state index contributed by atoms with van der Waals surface area (Å²) in [6.07, 6.45) is 0. The molecule has 0 bridgehead atoms. The first-order chi connectivity index (χ1) is 20.3. The molecule has 194 valence electrons. The highest BCUT2D eigenvalue weighted by Crippen LogP contribution is 2.51. The zero-order valence-corrected chi connectivity index (χ0v) is 22.9. The van der Waals surface area contributed by atoms with Crippen LogP contribution in [-0.2, 0) is 0 Å². The van der Waals surface area contributed by atoms with Crippen LogP contribution in [0.4, 0.5) is 17.1 Å². The van der Waals surface area contributed by atoms with Gasteiger partial charge in [0.1, 0.15) is 0 Å². The first-order valence-electron chi connectivity index (χ1n) is 13.7. The molecule has 1 aliphatic rings. The van der Waals surface area contributed by atoms with Crippen molar-refractivity contribution in [3.8, 4) is 16.8 Å². The van der Waals surface area contributed by atoms with Crippen LogP contribution in [0, 0.1) is 0 Å². The number of para-hydroxylation sites is 3. The fraction of sp³-hybridized carbons (Fsp3) is 0. The molecule has 0 atom stereocenters. The molecule has 1 aliphatic heterocycles. The van der Waals surface area contributed by atoms with Crippen LogP contribution in [0.25, 0.3) is 38.5 Å². The third-order valence-electron chi connectivity index (χ3n) is 7.79. The summed E-state index contributed by atoms with van der Waals surface area (Å²) >= 11 is 1.82. The first-order valence-corrected chi connectivity index (χ1v) is 14.5. The summed E-state index contributed by atoms with van der Waals surface area (Å²) in [6.45, 7) is 0. The quantitative estimate of drug-likeness (QED) is 0.207. The van der Waals surface area contributed by atoms with E-state index >= 15 is 0 Å². The van der Waals surface area contributed by atoms with Crippen molar-refractivity contribution in [3.63, 3.8) is 0 Å². The van der Waals surface area contributed by atoms with Crippen LogP contribution >= 0.6 is 11.8 Å². The Labute approximate surface area is 241 Å². The van der Waals surface area contributed by atoms with Crippen molar-refractivity contribution in [2.45, 2.75) is 9.79 Å². The molecule has 41 heavy (non-hydrogen) atoms. The number of rotatable bonds is 3. The Kier molecular flexibility index (Phi) is 5.54. The van der Waals surface area contributed by atoms with Gasteiger partial charge in [-0.05, 0) is 83.2 Å². The van der Waals surface area contributed by atoms with E-state index in [-0.39, 0.29) is 5.56 Å². The summed E-state index contributed by atoms with van der Waals surface area (Å²) in [5.74, 6) is 0. The summed E-state index contributed by atoms with van der Waals surface area (Å²) in [7, 11) is 0. The molecule has 1 aromatic heterocycles. The summed E-state index contributed by atoms with van der Waals surface area (Å²) in [6, 6.07) is 50.1. The fourth-order valence-corrected chi connectivity index (χ4v) is 6.94. The second-order valence-corrected chi connectivity index (χ2v) is 11.3. The van der Waals surface area contributed by atoms with E-state index < -0.39 is 0 Å². The van der Waals surface area contributed by atoms with Crippen LogP contribution < -0.4 is 10.5 Å². The van der Waals surface area contributed by atoms with E-state index in [4.69, 9.17) is 0 Å². The summed E-state index contributed by atoms with van der Waals surface area (Å²) in [5, 5.41) is 2.75. The predicted octanol–water partition coefficient (Wildman–Crippen LogP) is 9.75. The van der Waals surface area contributed by atoms with Crippen molar-refractivity contribution in [1.29, 1.82) is 0 Å². The summed E-state index contributed by atoms with van der Waals surface area (Å²) in [4.78, 5) is 18.5. The molecule has 2 heterocycles. The molecule has 0 fully saturated rings.